The molecule has 0 bridgehead atoms. The van der Waals surface area contributed by atoms with Crippen LogP contribution in [0.1, 0.15) is 12.5 Å². The Morgan fingerprint density at radius 3 is 2.92 bits per heavy atom. The fraction of sp³-hybridized carbons (Fsp3) is 0.0833. The van der Waals surface area contributed by atoms with Crippen LogP contribution in [0.4, 0.5) is 0 Å². The summed E-state index contributed by atoms with van der Waals surface area (Å²) in [7, 11) is 0. The molecular formula is C12H13N. The van der Waals surface area contributed by atoms with Gasteiger partial charge >= 0.3 is 0 Å². The van der Waals surface area contributed by atoms with Gasteiger partial charge < -0.3 is 0 Å². The van der Waals surface area contributed by atoms with Gasteiger partial charge in [0.15, 0.2) is 0 Å². The van der Waals surface area contributed by atoms with Crippen LogP contribution in [-0.4, -0.2) is 4.98 Å². The molecule has 0 saturated heterocycles. The van der Waals surface area contributed by atoms with Crippen molar-refractivity contribution >= 4 is 5.57 Å². The summed E-state index contributed by atoms with van der Waals surface area (Å²) >= 11 is 0. The van der Waals surface area contributed by atoms with Gasteiger partial charge in [-0.05, 0) is 24.1 Å². The first kappa shape index (κ1) is 9.46. The molecule has 0 aliphatic carbocycles. The molecule has 13 heavy (non-hydrogen) atoms. The van der Waals surface area contributed by atoms with Crippen LogP contribution >= 0.6 is 0 Å². The lowest BCUT2D eigenvalue weighted by molar-refractivity contribution is 1.31. The van der Waals surface area contributed by atoms with E-state index in [9.17, 15) is 0 Å². The molecule has 0 spiro atoms. The summed E-state index contributed by atoms with van der Waals surface area (Å²) in [6, 6.07) is 3.97. The van der Waals surface area contributed by atoms with Crippen LogP contribution in [0, 0.1) is 0 Å². The van der Waals surface area contributed by atoms with Crippen molar-refractivity contribution in [3.05, 3.63) is 61.0 Å². The van der Waals surface area contributed by atoms with Crippen molar-refractivity contribution in [1.82, 2.24) is 4.98 Å². The predicted molar refractivity (Wildman–Crippen MR) is 57.2 cm³/mol. The lowest BCUT2D eigenvalue weighted by Gasteiger charge is -1.99. The number of hydrogen-bond acceptors (Lipinski definition) is 1. The summed E-state index contributed by atoms with van der Waals surface area (Å²) in [4.78, 5) is 4.06. The van der Waals surface area contributed by atoms with Crippen LogP contribution < -0.4 is 0 Å². The van der Waals surface area contributed by atoms with Crippen molar-refractivity contribution in [3.8, 4) is 0 Å². The topological polar surface area (TPSA) is 12.9 Å². The van der Waals surface area contributed by atoms with Crippen molar-refractivity contribution in [2.24, 2.45) is 0 Å². The normalized spacial score (nSPS) is 11.9. The number of nitrogens with zero attached hydrogens (tertiary/aromatic N) is 1. The van der Waals surface area contributed by atoms with Gasteiger partial charge in [0.25, 0.3) is 0 Å². The Hall–Kier alpha value is -1.63. The molecule has 0 atom stereocenters. The summed E-state index contributed by atoms with van der Waals surface area (Å²) in [5, 5.41) is 0. The SMILES string of the molecule is C=C/C=C\C(=C/C)c1cccnc1. The van der Waals surface area contributed by atoms with Gasteiger partial charge in [-0.15, -0.1) is 0 Å². The molecule has 0 aliphatic heterocycles. The van der Waals surface area contributed by atoms with Gasteiger partial charge in [0.05, 0.1) is 0 Å². The van der Waals surface area contributed by atoms with E-state index >= 15 is 0 Å². The molecule has 0 aliphatic rings. The Morgan fingerprint density at radius 2 is 2.38 bits per heavy atom. The maximum absolute atomic E-state index is 4.06. The minimum atomic E-state index is 1.13. The van der Waals surface area contributed by atoms with E-state index in [2.05, 4.69) is 17.6 Å². The number of pyridine rings is 1. The van der Waals surface area contributed by atoms with E-state index in [0.29, 0.717) is 0 Å². The molecule has 1 aromatic heterocycles. The lowest BCUT2D eigenvalue weighted by atomic mass is 10.1. The quantitative estimate of drug-likeness (QED) is 0.636. The van der Waals surface area contributed by atoms with Crippen LogP contribution in [0.5, 0.6) is 0 Å². The summed E-state index contributed by atoms with van der Waals surface area (Å²) in [5.74, 6) is 0. The minimum Gasteiger partial charge on any atom is -0.264 e. The van der Waals surface area contributed by atoms with Crippen LogP contribution in [0.2, 0.25) is 0 Å². The Balaban J connectivity index is 2.92. The van der Waals surface area contributed by atoms with E-state index in [1.54, 1.807) is 12.3 Å². The largest absolute Gasteiger partial charge is 0.264 e. The Labute approximate surface area is 79.1 Å². The Morgan fingerprint density at radius 1 is 1.54 bits per heavy atom. The molecular weight excluding hydrogens is 158 g/mol. The highest BCUT2D eigenvalue weighted by molar-refractivity contribution is 5.73. The molecule has 0 amide bonds. The first-order chi connectivity index (χ1) is 6.38. The number of rotatable bonds is 3. The van der Waals surface area contributed by atoms with Gasteiger partial charge in [0, 0.05) is 12.4 Å². The average Bonchev–Trinajstić information content (AvgIpc) is 2.21. The van der Waals surface area contributed by atoms with Gasteiger partial charge in [-0.3, -0.25) is 4.98 Å². The second kappa shape index (κ2) is 5.09. The highest BCUT2D eigenvalue weighted by Gasteiger charge is 1.93. The summed E-state index contributed by atoms with van der Waals surface area (Å²) in [5.41, 5.74) is 2.29. The standard InChI is InChI=1S/C12H13N/c1-3-5-7-11(4-2)12-8-6-9-13-10-12/h3-10H,1H2,2H3/b7-5-,11-4+. The smallest absolute Gasteiger partial charge is 0.0346 e. The van der Waals surface area contributed by atoms with Crippen LogP contribution in [0.15, 0.2) is 55.4 Å². The van der Waals surface area contributed by atoms with Gasteiger partial charge in [0.2, 0.25) is 0 Å². The molecule has 1 aromatic rings. The Bertz CT molecular complexity index is 320. The second-order valence-corrected chi connectivity index (χ2v) is 2.58. The molecule has 66 valence electrons. The van der Waals surface area contributed by atoms with E-state index in [1.807, 2.05) is 37.4 Å². The third-order valence-corrected chi connectivity index (χ3v) is 1.72. The van der Waals surface area contributed by atoms with Gasteiger partial charge in [0.1, 0.15) is 0 Å². The van der Waals surface area contributed by atoms with Gasteiger partial charge in [-0.1, -0.05) is 36.9 Å². The fourth-order valence-electron chi connectivity index (χ4n) is 1.06. The fourth-order valence-corrected chi connectivity index (χ4v) is 1.06. The van der Waals surface area contributed by atoms with E-state index < -0.39 is 0 Å². The van der Waals surface area contributed by atoms with Crippen LogP contribution in [0.25, 0.3) is 5.57 Å². The number of aromatic nitrogens is 1. The number of allylic oxidation sites excluding steroid dienone is 5. The highest BCUT2D eigenvalue weighted by atomic mass is 14.6. The van der Waals surface area contributed by atoms with Crippen molar-refractivity contribution in [2.45, 2.75) is 6.92 Å². The minimum absolute atomic E-state index is 1.13. The predicted octanol–water partition coefficient (Wildman–Crippen LogP) is 3.23. The summed E-state index contributed by atoms with van der Waals surface area (Å²) in [6.45, 7) is 5.64. The first-order valence-corrected chi connectivity index (χ1v) is 4.24. The van der Waals surface area contributed by atoms with E-state index in [4.69, 9.17) is 0 Å². The zero-order valence-corrected chi connectivity index (χ0v) is 7.77. The van der Waals surface area contributed by atoms with E-state index in [0.717, 1.165) is 11.1 Å². The van der Waals surface area contributed by atoms with Crippen molar-refractivity contribution in [1.29, 1.82) is 0 Å². The number of hydrogen-bond donors (Lipinski definition) is 0. The molecule has 1 heteroatoms. The molecule has 0 saturated carbocycles. The maximum Gasteiger partial charge on any atom is 0.0346 e. The zero-order valence-electron chi connectivity index (χ0n) is 7.77. The second-order valence-electron chi connectivity index (χ2n) is 2.58. The van der Waals surface area contributed by atoms with Crippen molar-refractivity contribution < 1.29 is 0 Å². The molecule has 1 nitrogen and oxygen atoms in total. The molecule has 0 N–H and O–H groups in total. The van der Waals surface area contributed by atoms with E-state index in [1.165, 1.54) is 0 Å². The molecule has 0 fully saturated rings. The van der Waals surface area contributed by atoms with Crippen LogP contribution in [-0.2, 0) is 0 Å². The first-order valence-electron chi connectivity index (χ1n) is 4.24. The van der Waals surface area contributed by atoms with E-state index in [-0.39, 0.29) is 0 Å². The Kier molecular flexibility index (Phi) is 3.71. The van der Waals surface area contributed by atoms with Crippen molar-refractivity contribution in [2.75, 3.05) is 0 Å². The zero-order chi connectivity index (χ0) is 9.52. The maximum atomic E-state index is 4.06. The summed E-state index contributed by atoms with van der Waals surface area (Å²) < 4.78 is 0. The molecule has 0 radical (unpaired) electrons. The van der Waals surface area contributed by atoms with Gasteiger partial charge in [-0.25, -0.2) is 0 Å². The van der Waals surface area contributed by atoms with Gasteiger partial charge in [-0.2, -0.15) is 0 Å². The molecule has 0 aromatic carbocycles. The highest BCUT2D eigenvalue weighted by Crippen LogP contribution is 2.13. The van der Waals surface area contributed by atoms with Crippen LogP contribution in [0.3, 0.4) is 0 Å². The summed E-state index contributed by atoms with van der Waals surface area (Å²) in [6.07, 6.45) is 11.4. The third kappa shape index (κ3) is 2.71. The van der Waals surface area contributed by atoms with Crippen molar-refractivity contribution in [3.63, 3.8) is 0 Å². The molecule has 1 rings (SSSR count). The molecule has 0 unspecified atom stereocenters. The monoisotopic (exact) mass is 171 g/mol. The molecule has 1 heterocycles. The average molecular weight is 171 g/mol. The lowest BCUT2D eigenvalue weighted by Crippen LogP contribution is -1.80. The third-order valence-electron chi connectivity index (χ3n) is 1.72.